The molecular formula is C22H33NO2. The zero-order chi connectivity index (χ0) is 17.9. The second-order valence-electron chi connectivity index (χ2n) is 7.70. The van der Waals surface area contributed by atoms with Gasteiger partial charge >= 0.3 is 5.97 Å². The van der Waals surface area contributed by atoms with E-state index in [4.69, 9.17) is 10.00 Å². The maximum Gasteiger partial charge on any atom is 0.309 e. The molecule has 0 radical (unpaired) electrons. The van der Waals surface area contributed by atoms with E-state index in [1.807, 2.05) is 12.1 Å². The number of ether oxygens (including phenoxy) is 1. The van der Waals surface area contributed by atoms with Crippen LogP contribution in [0, 0.1) is 29.1 Å². The third-order valence-corrected chi connectivity index (χ3v) is 5.99. The minimum absolute atomic E-state index is 0.0743. The smallest absolute Gasteiger partial charge is 0.309 e. The van der Waals surface area contributed by atoms with Crippen LogP contribution in [0.2, 0.25) is 0 Å². The number of carbonyl (C=O) groups is 1. The highest BCUT2D eigenvalue weighted by Crippen LogP contribution is 2.34. The molecule has 2 aliphatic carbocycles. The Morgan fingerprint density at radius 3 is 2.36 bits per heavy atom. The van der Waals surface area contributed by atoms with Crippen LogP contribution in [0.1, 0.15) is 77.6 Å². The minimum Gasteiger partial charge on any atom is -0.462 e. The molecule has 138 valence electrons. The highest BCUT2D eigenvalue weighted by molar-refractivity contribution is 5.72. The second kappa shape index (κ2) is 11.1. The van der Waals surface area contributed by atoms with E-state index in [0.29, 0.717) is 0 Å². The normalized spacial score (nSPS) is 30.4. The molecule has 0 aromatic heterocycles. The molecule has 0 aromatic rings. The van der Waals surface area contributed by atoms with Gasteiger partial charge in [-0.05, 0) is 76.0 Å². The fraction of sp³-hybridized carbons (Fsp3) is 0.727. The molecule has 0 unspecified atom stereocenters. The van der Waals surface area contributed by atoms with Crippen molar-refractivity contribution < 1.29 is 9.53 Å². The van der Waals surface area contributed by atoms with Crippen LogP contribution in [0.5, 0.6) is 0 Å². The molecule has 0 saturated heterocycles. The van der Waals surface area contributed by atoms with Crippen LogP contribution in [0.15, 0.2) is 24.3 Å². The molecule has 0 amide bonds. The molecule has 25 heavy (non-hydrogen) atoms. The van der Waals surface area contributed by atoms with Gasteiger partial charge in [-0.1, -0.05) is 31.6 Å². The van der Waals surface area contributed by atoms with Gasteiger partial charge in [-0.3, -0.25) is 4.79 Å². The van der Waals surface area contributed by atoms with E-state index in [1.54, 1.807) is 6.08 Å². The third kappa shape index (κ3) is 7.06. The number of rotatable bonds is 7. The number of hydrogen-bond acceptors (Lipinski definition) is 3. The van der Waals surface area contributed by atoms with Crippen LogP contribution in [0.4, 0.5) is 0 Å². The van der Waals surface area contributed by atoms with Gasteiger partial charge in [0.2, 0.25) is 0 Å². The van der Waals surface area contributed by atoms with Crippen LogP contribution >= 0.6 is 0 Å². The maximum atomic E-state index is 12.4. The molecule has 3 nitrogen and oxygen atoms in total. The average Bonchev–Trinajstić information content (AvgIpc) is 2.66. The van der Waals surface area contributed by atoms with Gasteiger partial charge in [-0.2, -0.15) is 5.26 Å². The van der Waals surface area contributed by atoms with Crippen molar-refractivity contribution in [2.45, 2.75) is 83.7 Å². The van der Waals surface area contributed by atoms with E-state index in [0.717, 1.165) is 43.9 Å². The predicted octanol–water partition coefficient (Wildman–Crippen LogP) is 5.72. The molecule has 0 aliphatic heterocycles. The summed E-state index contributed by atoms with van der Waals surface area (Å²) < 4.78 is 5.83. The topological polar surface area (TPSA) is 50.1 Å². The monoisotopic (exact) mass is 343 g/mol. The van der Waals surface area contributed by atoms with Crippen LogP contribution in [0.3, 0.4) is 0 Å². The summed E-state index contributed by atoms with van der Waals surface area (Å²) in [6, 6.07) is 1.98. The Balaban J connectivity index is 1.60. The molecule has 0 heterocycles. The van der Waals surface area contributed by atoms with Gasteiger partial charge in [-0.15, -0.1) is 0 Å². The van der Waals surface area contributed by atoms with Crippen molar-refractivity contribution in [1.29, 1.82) is 5.26 Å². The molecule has 2 aliphatic rings. The van der Waals surface area contributed by atoms with Crippen molar-refractivity contribution >= 4 is 5.97 Å². The van der Waals surface area contributed by atoms with Gasteiger partial charge in [0.05, 0.1) is 12.0 Å². The fourth-order valence-electron chi connectivity index (χ4n) is 4.21. The summed E-state index contributed by atoms with van der Waals surface area (Å²) in [7, 11) is 0. The Kier molecular flexibility index (Phi) is 8.80. The van der Waals surface area contributed by atoms with Crippen molar-refractivity contribution in [3.05, 3.63) is 24.3 Å². The van der Waals surface area contributed by atoms with Crippen molar-refractivity contribution in [3.63, 3.8) is 0 Å². The molecule has 0 spiro atoms. The summed E-state index contributed by atoms with van der Waals surface area (Å²) in [5, 5.41) is 8.41. The predicted molar refractivity (Wildman–Crippen MR) is 101 cm³/mol. The Bertz CT molecular complexity index is 487. The van der Waals surface area contributed by atoms with Crippen molar-refractivity contribution in [2.75, 3.05) is 0 Å². The summed E-state index contributed by atoms with van der Waals surface area (Å²) in [6.45, 7) is 2.25. The number of nitrogens with zero attached hydrogens (tertiary/aromatic N) is 1. The van der Waals surface area contributed by atoms with Gasteiger partial charge in [-0.25, -0.2) is 0 Å². The summed E-state index contributed by atoms with van der Waals surface area (Å²) in [5.74, 6) is 1.81. The van der Waals surface area contributed by atoms with E-state index in [2.05, 4.69) is 13.0 Å². The lowest BCUT2D eigenvalue weighted by Gasteiger charge is -2.31. The Hall–Kier alpha value is -1.56. The average molecular weight is 344 g/mol. The first-order valence-corrected chi connectivity index (χ1v) is 10.1. The highest BCUT2D eigenvalue weighted by atomic mass is 16.5. The number of esters is 1. The molecule has 3 heteroatoms. The van der Waals surface area contributed by atoms with Crippen LogP contribution in [-0.4, -0.2) is 12.1 Å². The van der Waals surface area contributed by atoms with E-state index in [9.17, 15) is 4.79 Å². The van der Waals surface area contributed by atoms with Crippen molar-refractivity contribution in [3.8, 4) is 6.07 Å². The molecule has 0 bridgehead atoms. The molecule has 2 saturated carbocycles. The van der Waals surface area contributed by atoms with E-state index in [1.165, 1.54) is 44.6 Å². The lowest BCUT2D eigenvalue weighted by Crippen LogP contribution is -2.30. The first-order chi connectivity index (χ1) is 12.2. The summed E-state index contributed by atoms with van der Waals surface area (Å²) in [4.78, 5) is 12.4. The Morgan fingerprint density at radius 1 is 1.04 bits per heavy atom. The summed E-state index contributed by atoms with van der Waals surface area (Å²) in [6.07, 6.45) is 19.8. The summed E-state index contributed by atoms with van der Waals surface area (Å²) >= 11 is 0. The SMILES string of the molecule is CC[C@H]1CC[C@H](C(=O)OC2CCC(CC/C=C/C=CC#N)CC2)CC1. The quantitative estimate of drug-likeness (QED) is 0.337. The Morgan fingerprint density at radius 2 is 1.72 bits per heavy atom. The van der Waals surface area contributed by atoms with Crippen molar-refractivity contribution in [1.82, 2.24) is 0 Å². The first kappa shape index (κ1) is 19.8. The Labute approximate surface area is 153 Å². The zero-order valence-electron chi connectivity index (χ0n) is 15.7. The van der Waals surface area contributed by atoms with Crippen LogP contribution in [0.25, 0.3) is 0 Å². The lowest BCUT2D eigenvalue weighted by atomic mass is 9.80. The van der Waals surface area contributed by atoms with Gasteiger partial charge < -0.3 is 4.74 Å². The zero-order valence-corrected chi connectivity index (χ0v) is 15.7. The van der Waals surface area contributed by atoms with Crippen LogP contribution < -0.4 is 0 Å². The van der Waals surface area contributed by atoms with Crippen LogP contribution in [-0.2, 0) is 9.53 Å². The molecule has 2 rings (SSSR count). The number of carbonyl (C=O) groups excluding carboxylic acids is 1. The van der Waals surface area contributed by atoms with Crippen molar-refractivity contribution in [2.24, 2.45) is 17.8 Å². The molecule has 0 atom stereocenters. The summed E-state index contributed by atoms with van der Waals surface area (Å²) in [5.41, 5.74) is 0. The van der Waals surface area contributed by atoms with Gasteiger partial charge in [0.15, 0.2) is 0 Å². The maximum absolute atomic E-state index is 12.4. The first-order valence-electron chi connectivity index (χ1n) is 10.1. The van der Waals surface area contributed by atoms with Gasteiger partial charge in [0.1, 0.15) is 6.10 Å². The molecule has 2 fully saturated rings. The third-order valence-electron chi connectivity index (χ3n) is 5.99. The standard InChI is InChI=1S/C22H33NO2/c1-2-18-9-13-20(14-10-18)22(24)25-21-15-11-19(12-16-21)8-6-4-3-5-7-17-23/h3-5,7,18-21H,2,6,8-16H2,1H3/b4-3+,7-5?/t18-,19?,20-,21?. The second-order valence-corrected chi connectivity index (χ2v) is 7.70. The largest absolute Gasteiger partial charge is 0.462 e. The molecule has 0 aromatic carbocycles. The minimum atomic E-state index is 0.0743. The number of allylic oxidation sites excluding steroid dienone is 4. The highest BCUT2D eigenvalue weighted by Gasteiger charge is 2.30. The fourth-order valence-corrected chi connectivity index (χ4v) is 4.21. The lowest BCUT2D eigenvalue weighted by molar-refractivity contribution is -0.157. The molecular weight excluding hydrogens is 310 g/mol. The van der Waals surface area contributed by atoms with E-state index in [-0.39, 0.29) is 18.0 Å². The van der Waals surface area contributed by atoms with Gasteiger partial charge in [0, 0.05) is 6.08 Å². The van der Waals surface area contributed by atoms with Gasteiger partial charge in [0.25, 0.3) is 0 Å². The number of nitriles is 1. The number of hydrogen-bond donors (Lipinski definition) is 0. The molecule has 0 N–H and O–H groups in total. The van der Waals surface area contributed by atoms with E-state index < -0.39 is 0 Å². The van der Waals surface area contributed by atoms with E-state index >= 15 is 0 Å².